The molecule has 0 spiro atoms. The smallest absolute Gasteiger partial charge is 0.130 e. The second-order valence-electron chi connectivity index (χ2n) is 4.71. The Balaban J connectivity index is 2.79. The van der Waals surface area contributed by atoms with Crippen LogP contribution in [-0.2, 0) is 4.74 Å². The number of hydrogen-bond donors (Lipinski definition) is 1. The van der Waals surface area contributed by atoms with Gasteiger partial charge in [0.1, 0.15) is 5.82 Å². The number of rotatable bonds is 7. The fraction of sp³-hybridized carbons (Fsp3) is 0.467. The lowest BCUT2D eigenvalue weighted by atomic mass is 10.00. The van der Waals surface area contributed by atoms with E-state index in [1.54, 1.807) is 19.2 Å². The number of methoxy groups -OCH3 is 1. The van der Waals surface area contributed by atoms with Crippen molar-refractivity contribution < 1.29 is 9.13 Å². The lowest BCUT2D eigenvalue weighted by Gasteiger charge is -2.13. The summed E-state index contributed by atoms with van der Waals surface area (Å²) in [6.45, 7) is 6.33. The van der Waals surface area contributed by atoms with Crippen LogP contribution in [0.3, 0.4) is 0 Å². The highest BCUT2D eigenvalue weighted by Crippen LogP contribution is 2.20. The molecule has 0 aliphatic carbocycles. The van der Waals surface area contributed by atoms with E-state index in [2.05, 4.69) is 19.2 Å². The molecule has 0 heterocycles. The van der Waals surface area contributed by atoms with Gasteiger partial charge in [-0.1, -0.05) is 37.1 Å². The van der Waals surface area contributed by atoms with E-state index in [-0.39, 0.29) is 5.82 Å². The first-order valence-corrected chi connectivity index (χ1v) is 6.77. The van der Waals surface area contributed by atoms with Crippen molar-refractivity contribution in [2.45, 2.75) is 13.8 Å². The molecule has 4 heteroatoms. The van der Waals surface area contributed by atoms with Crippen LogP contribution in [0.15, 0.2) is 23.8 Å². The maximum absolute atomic E-state index is 13.7. The first kappa shape index (κ1) is 16.2. The predicted octanol–water partition coefficient (Wildman–Crippen LogP) is 3.75. The molecule has 0 bridgehead atoms. The van der Waals surface area contributed by atoms with Gasteiger partial charge in [0.05, 0.1) is 6.61 Å². The van der Waals surface area contributed by atoms with Gasteiger partial charge in [-0.25, -0.2) is 4.39 Å². The standard InChI is InChI=1S/C15H21ClFNO/c1-11(2)13(10-18-6-7-19-3)8-12-9-14(16)4-5-15(12)17/h4-5,8-9,11,18H,6-7,10H2,1-3H3/b13-8-. The third-order valence-corrected chi connectivity index (χ3v) is 3.09. The molecule has 0 aliphatic rings. The number of nitrogens with one attached hydrogen (secondary N) is 1. The van der Waals surface area contributed by atoms with Crippen LogP contribution in [0.4, 0.5) is 4.39 Å². The van der Waals surface area contributed by atoms with Gasteiger partial charge in [0.2, 0.25) is 0 Å². The molecule has 2 nitrogen and oxygen atoms in total. The minimum Gasteiger partial charge on any atom is -0.383 e. The van der Waals surface area contributed by atoms with Gasteiger partial charge in [0.15, 0.2) is 0 Å². The van der Waals surface area contributed by atoms with E-state index in [9.17, 15) is 4.39 Å². The van der Waals surface area contributed by atoms with Crippen molar-refractivity contribution in [2.75, 3.05) is 26.8 Å². The van der Waals surface area contributed by atoms with E-state index in [1.807, 2.05) is 6.08 Å². The number of halogens is 2. The van der Waals surface area contributed by atoms with Crippen LogP contribution in [0, 0.1) is 11.7 Å². The van der Waals surface area contributed by atoms with Gasteiger partial charge in [-0.2, -0.15) is 0 Å². The van der Waals surface area contributed by atoms with Crippen LogP contribution >= 0.6 is 11.6 Å². The molecule has 1 N–H and O–H groups in total. The van der Waals surface area contributed by atoms with Gasteiger partial charge in [-0.15, -0.1) is 0 Å². The van der Waals surface area contributed by atoms with Gasteiger partial charge >= 0.3 is 0 Å². The Labute approximate surface area is 119 Å². The fourth-order valence-electron chi connectivity index (χ4n) is 1.65. The molecule has 1 aromatic rings. The molecular formula is C15H21ClFNO. The second kappa shape index (κ2) is 8.31. The summed E-state index contributed by atoms with van der Waals surface area (Å²) < 4.78 is 18.7. The van der Waals surface area contributed by atoms with Crippen LogP contribution in [0.2, 0.25) is 5.02 Å². The topological polar surface area (TPSA) is 21.3 Å². The highest BCUT2D eigenvalue weighted by Gasteiger charge is 2.06. The Kier molecular flexibility index (Phi) is 7.06. The number of hydrogen-bond acceptors (Lipinski definition) is 2. The monoisotopic (exact) mass is 285 g/mol. The maximum Gasteiger partial charge on any atom is 0.130 e. The summed E-state index contributed by atoms with van der Waals surface area (Å²) in [5.41, 5.74) is 1.67. The lowest BCUT2D eigenvalue weighted by molar-refractivity contribution is 0.200. The van der Waals surface area contributed by atoms with Crippen molar-refractivity contribution in [1.29, 1.82) is 0 Å². The van der Waals surface area contributed by atoms with Crippen molar-refractivity contribution in [3.05, 3.63) is 40.2 Å². The number of benzene rings is 1. The Morgan fingerprint density at radius 2 is 2.21 bits per heavy atom. The number of ether oxygens (including phenoxy) is 1. The summed E-state index contributed by atoms with van der Waals surface area (Å²) >= 11 is 5.90. The molecular weight excluding hydrogens is 265 g/mol. The average molecular weight is 286 g/mol. The minimum atomic E-state index is -0.251. The zero-order chi connectivity index (χ0) is 14.3. The summed E-state index contributed by atoms with van der Waals surface area (Å²) in [4.78, 5) is 0. The highest BCUT2D eigenvalue weighted by molar-refractivity contribution is 6.30. The van der Waals surface area contributed by atoms with E-state index in [0.29, 0.717) is 29.7 Å². The van der Waals surface area contributed by atoms with Crippen LogP contribution in [0.25, 0.3) is 6.08 Å². The molecule has 0 radical (unpaired) electrons. The minimum absolute atomic E-state index is 0.251. The largest absolute Gasteiger partial charge is 0.383 e. The van der Waals surface area contributed by atoms with Gasteiger partial charge in [-0.05, 0) is 24.1 Å². The summed E-state index contributed by atoms with van der Waals surface area (Å²) in [7, 11) is 1.67. The average Bonchev–Trinajstić information content (AvgIpc) is 2.37. The fourth-order valence-corrected chi connectivity index (χ4v) is 1.83. The zero-order valence-electron chi connectivity index (χ0n) is 11.7. The summed E-state index contributed by atoms with van der Waals surface area (Å²) in [5.74, 6) is 0.0906. The van der Waals surface area contributed by atoms with Gasteiger partial charge in [-0.3, -0.25) is 0 Å². The van der Waals surface area contributed by atoms with Gasteiger partial charge in [0.25, 0.3) is 0 Å². The van der Waals surface area contributed by atoms with E-state index >= 15 is 0 Å². The first-order chi connectivity index (χ1) is 9.04. The SMILES string of the molecule is COCCNC/C(=C/c1cc(Cl)ccc1F)C(C)C. The molecule has 106 valence electrons. The Morgan fingerprint density at radius 1 is 1.47 bits per heavy atom. The Hall–Kier alpha value is -0.900. The zero-order valence-corrected chi connectivity index (χ0v) is 12.4. The van der Waals surface area contributed by atoms with Crippen LogP contribution in [0.5, 0.6) is 0 Å². The van der Waals surface area contributed by atoms with Crippen LogP contribution < -0.4 is 5.32 Å². The van der Waals surface area contributed by atoms with Gasteiger partial charge in [0, 0.05) is 30.8 Å². The third-order valence-electron chi connectivity index (χ3n) is 2.85. The van der Waals surface area contributed by atoms with E-state index < -0.39 is 0 Å². The molecule has 0 unspecified atom stereocenters. The molecule has 0 saturated carbocycles. The Bertz CT molecular complexity index is 432. The van der Waals surface area contributed by atoms with Crippen molar-refractivity contribution in [3.63, 3.8) is 0 Å². The molecule has 0 aromatic heterocycles. The lowest BCUT2D eigenvalue weighted by Crippen LogP contribution is -2.23. The molecule has 0 fully saturated rings. The molecule has 0 aliphatic heterocycles. The summed E-state index contributed by atoms with van der Waals surface area (Å²) in [5, 5.41) is 3.82. The molecule has 1 aromatic carbocycles. The van der Waals surface area contributed by atoms with Crippen molar-refractivity contribution >= 4 is 17.7 Å². The van der Waals surface area contributed by atoms with Crippen molar-refractivity contribution in [1.82, 2.24) is 5.32 Å². The molecule has 0 atom stereocenters. The van der Waals surface area contributed by atoms with E-state index in [1.165, 1.54) is 6.07 Å². The maximum atomic E-state index is 13.7. The van der Waals surface area contributed by atoms with E-state index in [4.69, 9.17) is 16.3 Å². The molecule has 0 amide bonds. The molecule has 0 saturated heterocycles. The second-order valence-corrected chi connectivity index (χ2v) is 5.15. The predicted molar refractivity (Wildman–Crippen MR) is 79.0 cm³/mol. The summed E-state index contributed by atoms with van der Waals surface area (Å²) in [6.07, 6.45) is 1.87. The summed E-state index contributed by atoms with van der Waals surface area (Å²) in [6, 6.07) is 4.60. The van der Waals surface area contributed by atoms with Crippen molar-refractivity contribution in [3.8, 4) is 0 Å². The normalized spacial score (nSPS) is 12.2. The van der Waals surface area contributed by atoms with Crippen molar-refractivity contribution in [2.24, 2.45) is 5.92 Å². The van der Waals surface area contributed by atoms with Crippen LogP contribution in [-0.4, -0.2) is 26.8 Å². The Morgan fingerprint density at radius 3 is 2.84 bits per heavy atom. The quantitative estimate of drug-likeness (QED) is 0.770. The molecule has 1 rings (SSSR count). The van der Waals surface area contributed by atoms with Gasteiger partial charge < -0.3 is 10.1 Å². The highest BCUT2D eigenvalue weighted by atomic mass is 35.5. The van der Waals surface area contributed by atoms with E-state index in [0.717, 1.165) is 12.1 Å². The molecule has 19 heavy (non-hydrogen) atoms. The van der Waals surface area contributed by atoms with Crippen LogP contribution in [0.1, 0.15) is 19.4 Å². The third kappa shape index (κ3) is 5.72. The first-order valence-electron chi connectivity index (χ1n) is 6.39.